The molecule has 0 aliphatic carbocycles. The molecule has 1 aromatic carbocycles. The number of hydrogen-bond acceptors (Lipinski definition) is 1. The maximum Gasteiger partial charge on any atom is 0.251 e. The summed E-state index contributed by atoms with van der Waals surface area (Å²) >= 11 is 0. The van der Waals surface area contributed by atoms with Crippen LogP contribution in [0.15, 0.2) is 30.3 Å². The van der Waals surface area contributed by atoms with Gasteiger partial charge >= 0.3 is 0 Å². The number of amides is 1. The molecule has 0 bridgehead atoms. The summed E-state index contributed by atoms with van der Waals surface area (Å²) in [6.07, 6.45) is 0. The maximum atomic E-state index is 11.2. The van der Waals surface area contributed by atoms with E-state index < -0.39 is 0 Å². The molecule has 0 aliphatic heterocycles. The molecule has 12 heavy (non-hydrogen) atoms. The first kappa shape index (κ1) is 8.74. The van der Waals surface area contributed by atoms with E-state index in [0.717, 1.165) is 0 Å². The van der Waals surface area contributed by atoms with Crippen LogP contribution < -0.4 is 11.1 Å². The first-order chi connectivity index (χ1) is 5.84. The van der Waals surface area contributed by atoms with Crippen molar-refractivity contribution in [1.82, 2.24) is 11.1 Å². The number of nitrogens with one attached hydrogen (secondary N) is 1. The average molecular weight is 162 g/mol. The van der Waals surface area contributed by atoms with Gasteiger partial charge in [-0.15, -0.1) is 5.73 Å². The third-order valence-corrected chi connectivity index (χ3v) is 1.43. The highest BCUT2D eigenvalue weighted by Crippen LogP contribution is 1.96. The number of benzene rings is 1. The Balaban J connectivity index is 2.54. The Morgan fingerprint density at radius 1 is 1.33 bits per heavy atom. The highest BCUT2D eigenvalue weighted by molar-refractivity contribution is 5.94. The van der Waals surface area contributed by atoms with Crippen molar-refractivity contribution in [3.63, 3.8) is 0 Å². The Bertz CT molecular complexity index is 246. The van der Waals surface area contributed by atoms with E-state index in [1.165, 1.54) is 0 Å². The Kier molecular flexibility index (Phi) is 3.29. The first-order valence-electron chi connectivity index (χ1n) is 3.78. The summed E-state index contributed by atoms with van der Waals surface area (Å²) in [4.78, 5) is 11.2. The van der Waals surface area contributed by atoms with Crippen LogP contribution in [0, 0.1) is 0 Å². The summed E-state index contributed by atoms with van der Waals surface area (Å²) in [6.45, 7) is 0.270. The molecular formula is C9H10N2O. The van der Waals surface area contributed by atoms with E-state index in [4.69, 9.17) is 5.73 Å². The summed E-state index contributed by atoms with van der Waals surface area (Å²) < 4.78 is 0. The van der Waals surface area contributed by atoms with E-state index in [-0.39, 0.29) is 12.5 Å². The highest BCUT2D eigenvalue weighted by atomic mass is 16.1. The topological polar surface area (TPSA) is 51.4 Å². The molecule has 0 atom stereocenters. The normalized spacial score (nSPS) is 9.42. The maximum absolute atomic E-state index is 11.2. The molecule has 1 N–H and O–H groups in total. The number of rotatable bonds is 3. The van der Waals surface area contributed by atoms with Crippen LogP contribution in [0.3, 0.4) is 0 Å². The molecule has 1 amide bonds. The number of nitrogens with zero attached hydrogens (tertiary/aromatic N) is 1. The van der Waals surface area contributed by atoms with Gasteiger partial charge in [-0.2, -0.15) is 0 Å². The molecule has 1 aromatic rings. The molecule has 1 rings (SSSR count). The van der Waals surface area contributed by atoms with Gasteiger partial charge in [0.2, 0.25) is 0 Å². The number of carbonyl (C=O) groups excluding carboxylic acids is 1. The van der Waals surface area contributed by atoms with Crippen LogP contribution in [0.1, 0.15) is 10.4 Å². The van der Waals surface area contributed by atoms with Crippen molar-refractivity contribution in [3.8, 4) is 0 Å². The summed E-state index contributed by atoms with van der Waals surface area (Å²) in [6, 6.07) is 8.91. The zero-order chi connectivity index (χ0) is 8.81. The lowest BCUT2D eigenvalue weighted by molar-refractivity contribution is 0.0954. The Morgan fingerprint density at radius 2 is 2.00 bits per heavy atom. The van der Waals surface area contributed by atoms with Crippen LogP contribution in [0.5, 0.6) is 0 Å². The summed E-state index contributed by atoms with van der Waals surface area (Å²) in [7, 11) is 0. The molecule has 0 aromatic heterocycles. The van der Waals surface area contributed by atoms with E-state index in [1.54, 1.807) is 24.3 Å². The zero-order valence-corrected chi connectivity index (χ0v) is 6.66. The second-order valence-electron chi connectivity index (χ2n) is 2.35. The van der Waals surface area contributed by atoms with Crippen molar-refractivity contribution in [2.75, 3.05) is 13.1 Å². The van der Waals surface area contributed by atoms with Gasteiger partial charge < -0.3 is 5.32 Å². The third-order valence-electron chi connectivity index (χ3n) is 1.43. The summed E-state index contributed by atoms with van der Waals surface area (Å²) in [5.41, 5.74) is 9.06. The lowest BCUT2D eigenvalue weighted by atomic mass is 10.2. The van der Waals surface area contributed by atoms with Crippen LogP contribution in [0.2, 0.25) is 0 Å². The fourth-order valence-electron chi connectivity index (χ4n) is 0.861. The van der Waals surface area contributed by atoms with Crippen LogP contribution in [0.4, 0.5) is 0 Å². The van der Waals surface area contributed by atoms with E-state index in [9.17, 15) is 4.79 Å². The van der Waals surface area contributed by atoms with Gasteiger partial charge in [0.15, 0.2) is 0 Å². The smallest absolute Gasteiger partial charge is 0.251 e. The monoisotopic (exact) mass is 162 g/mol. The largest absolute Gasteiger partial charge is 0.351 e. The van der Waals surface area contributed by atoms with Crippen LogP contribution in [-0.4, -0.2) is 19.0 Å². The predicted octanol–water partition coefficient (Wildman–Crippen LogP) is 0.485. The molecule has 0 unspecified atom stereocenters. The van der Waals surface area contributed by atoms with E-state index in [1.807, 2.05) is 6.07 Å². The minimum absolute atomic E-state index is 0.0292. The molecule has 3 heteroatoms. The van der Waals surface area contributed by atoms with Crippen LogP contribution >= 0.6 is 0 Å². The predicted molar refractivity (Wildman–Crippen MR) is 45.8 cm³/mol. The van der Waals surface area contributed by atoms with Crippen LogP contribution in [0.25, 0.3) is 0 Å². The van der Waals surface area contributed by atoms with Gasteiger partial charge in [0.1, 0.15) is 0 Å². The molecule has 0 saturated carbocycles. The van der Waals surface area contributed by atoms with Crippen molar-refractivity contribution >= 4 is 5.91 Å². The van der Waals surface area contributed by atoms with Crippen molar-refractivity contribution in [2.45, 2.75) is 0 Å². The van der Waals surface area contributed by atoms with Gasteiger partial charge in [0, 0.05) is 18.7 Å². The van der Waals surface area contributed by atoms with Gasteiger partial charge in [-0.3, -0.25) is 4.79 Å². The molecule has 0 heterocycles. The molecule has 0 fully saturated rings. The quantitative estimate of drug-likeness (QED) is 0.690. The second kappa shape index (κ2) is 4.51. The van der Waals surface area contributed by atoms with Gasteiger partial charge in [-0.05, 0) is 12.1 Å². The molecule has 0 saturated heterocycles. The molecule has 62 valence electrons. The molecular weight excluding hydrogens is 152 g/mol. The van der Waals surface area contributed by atoms with Crippen molar-refractivity contribution < 1.29 is 4.79 Å². The Labute approximate surface area is 71.6 Å². The lowest BCUT2D eigenvalue weighted by Crippen LogP contribution is -2.26. The number of hydrogen-bond donors (Lipinski definition) is 1. The van der Waals surface area contributed by atoms with Crippen LogP contribution in [-0.2, 0) is 0 Å². The third kappa shape index (κ3) is 2.36. The molecule has 2 radical (unpaired) electrons. The minimum atomic E-state index is -0.148. The van der Waals surface area contributed by atoms with Crippen molar-refractivity contribution in [1.29, 1.82) is 0 Å². The lowest BCUT2D eigenvalue weighted by Gasteiger charge is -2.01. The minimum Gasteiger partial charge on any atom is -0.351 e. The van der Waals surface area contributed by atoms with Crippen molar-refractivity contribution in [2.24, 2.45) is 0 Å². The fourth-order valence-corrected chi connectivity index (χ4v) is 0.861. The van der Waals surface area contributed by atoms with Gasteiger partial charge in [-0.1, -0.05) is 18.2 Å². The first-order valence-corrected chi connectivity index (χ1v) is 3.78. The Morgan fingerprint density at radius 3 is 2.58 bits per heavy atom. The van der Waals surface area contributed by atoms with Gasteiger partial charge in [-0.25, -0.2) is 0 Å². The number of carbonyl (C=O) groups is 1. The SMILES string of the molecule is [N]CCNC(=O)c1ccccc1. The highest BCUT2D eigenvalue weighted by Gasteiger charge is 2.01. The standard InChI is InChI=1S/C9H10N2O/c10-6-7-11-9(12)8-4-2-1-3-5-8/h1-5H,6-7H2,(H,11,12). The van der Waals surface area contributed by atoms with E-state index in [0.29, 0.717) is 12.1 Å². The van der Waals surface area contributed by atoms with Crippen molar-refractivity contribution in [3.05, 3.63) is 35.9 Å². The van der Waals surface area contributed by atoms with Gasteiger partial charge in [0.05, 0.1) is 0 Å². The van der Waals surface area contributed by atoms with E-state index in [2.05, 4.69) is 5.32 Å². The summed E-state index contributed by atoms with van der Waals surface area (Å²) in [5, 5.41) is 2.56. The average Bonchev–Trinajstić information content (AvgIpc) is 2.15. The molecule has 0 aliphatic rings. The molecule has 3 nitrogen and oxygen atoms in total. The molecule has 0 spiro atoms. The van der Waals surface area contributed by atoms with Gasteiger partial charge in [0.25, 0.3) is 5.91 Å². The van der Waals surface area contributed by atoms with E-state index >= 15 is 0 Å². The summed E-state index contributed by atoms with van der Waals surface area (Å²) in [5.74, 6) is -0.148. The second-order valence-corrected chi connectivity index (χ2v) is 2.35. The zero-order valence-electron chi connectivity index (χ0n) is 6.66. The Hall–Kier alpha value is -1.35. The fraction of sp³-hybridized carbons (Fsp3) is 0.222.